The van der Waals surface area contributed by atoms with Crippen LogP contribution in [0.5, 0.6) is 0 Å². The van der Waals surface area contributed by atoms with Crippen molar-refractivity contribution in [3.05, 3.63) is 10.7 Å². The minimum Gasteiger partial charge on any atom is -0.394 e. The zero-order valence-electron chi connectivity index (χ0n) is 7.42. The molecule has 0 amide bonds. The predicted octanol–water partition coefficient (Wildman–Crippen LogP) is -0.572. The van der Waals surface area contributed by atoms with E-state index in [1.165, 1.54) is 0 Å². The van der Waals surface area contributed by atoms with Gasteiger partial charge in [0.25, 0.3) is 10.0 Å². The van der Waals surface area contributed by atoms with Crippen LogP contribution >= 0.6 is 22.9 Å². The first kappa shape index (κ1) is 12.8. The number of sulfonamides is 1. The van der Waals surface area contributed by atoms with E-state index < -0.39 is 22.7 Å². The minimum absolute atomic E-state index is 0.0300. The first-order valence-corrected chi connectivity index (χ1v) is 6.53. The summed E-state index contributed by atoms with van der Waals surface area (Å²) in [4.78, 5) is 3.58. The quantitative estimate of drug-likeness (QED) is 0.666. The molecular weight excluding hydrogens is 264 g/mol. The van der Waals surface area contributed by atoms with Crippen molar-refractivity contribution in [1.82, 2.24) is 9.71 Å². The molecule has 1 heterocycles. The van der Waals surface area contributed by atoms with Gasteiger partial charge in [-0.1, -0.05) is 22.9 Å². The summed E-state index contributed by atoms with van der Waals surface area (Å²) < 4.78 is 25.2. The molecule has 1 atom stereocenters. The largest absolute Gasteiger partial charge is 0.394 e. The number of aromatic nitrogens is 1. The fourth-order valence-corrected chi connectivity index (χ4v) is 3.12. The minimum atomic E-state index is -3.69. The lowest BCUT2D eigenvalue weighted by molar-refractivity contribution is 0.0988. The number of aliphatic hydroxyl groups is 2. The van der Waals surface area contributed by atoms with Crippen molar-refractivity contribution >= 4 is 33.0 Å². The van der Waals surface area contributed by atoms with E-state index in [9.17, 15) is 8.42 Å². The first-order chi connectivity index (χ1) is 6.95. The van der Waals surface area contributed by atoms with Gasteiger partial charge in [0.05, 0.1) is 18.9 Å². The van der Waals surface area contributed by atoms with Gasteiger partial charge in [-0.25, -0.2) is 18.1 Å². The van der Waals surface area contributed by atoms with Gasteiger partial charge in [-0.2, -0.15) is 0 Å². The summed E-state index contributed by atoms with van der Waals surface area (Å²) in [6, 6.07) is 0. The average Bonchev–Trinajstić information content (AvgIpc) is 2.62. The van der Waals surface area contributed by atoms with Crippen LogP contribution in [0, 0.1) is 0 Å². The van der Waals surface area contributed by atoms with Gasteiger partial charge in [-0.15, -0.1) is 0 Å². The second-order valence-electron chi connectivity index (χ2n) is 2.62. The lowest BCUT2D eigenvalue weighted by Gasteiger charge is -2.07. The van der Waals surface area contributed by atoms with Gasteiger partial charge in [0.2, 0.25) is 0 Å². The van der Waals surface area contributed by atoms with Crippen LogP contribution in [-0.4, -0.2) is 42.9 Å². The van der Waals surface area contributed by atoms with E-state index in [4.69, 9.17) is 21.8 Å². The van der Waals surface area contributed by atoms with Crippen molar-refractivity contribution in [2.75, 3.05) is 13.2 Å². The van der Waals surface area contributed by atoms with Gasteiger partial charge in [-0.05, 0) is 0 Å². The Bertz CT molecular complexity index is 419. The molecule has 0 aliphatic rings. The van der Waals surface area contributed by atoms with Crippen LogP contribution < -0.4 is 4.72 Å². The highest BCUT2D eigenvalue weighted by Crippen LogP contribution is 2.21. The van der Waals surface area contributed by atoms with E-state index >= 15 is 0 Å². The Morgan fingerprint density at radius 1 is 1.67 bits per heavy atom. The maximum Gasteiger partial charge on any atom is 0.251 e. The van der Waals surface area contributed by atoms with Crippen molar-refractivity contribution in [3.63, 3.8) is 0 Å². The maximum atomic E-state index is 11.5. The van der Waals surface area contributed by atoms with Crippen LogP contribution in [0.1, 0.15) is 0 Å². The topological polar surface area (TPSA) is 99.5 Å². The summed E-state index contributed by atoms with van der Waals surface area (Å²) in [7, 11) is -3.69. The number of halogens is 1. The average molecular weight is 273 g/mol. The Balaban J connectivity index is 2.68. The number of rotatable bonds is 5. The molecule has 3 N–H and O–H groups in total. The summed E-state index contributed by atoms with van der Waals surface area (Å²) in [6.45, 7) is -0.764. The van der Waals surface area contributed by atoms with E-state index in [1.54, 1.807) is 0 Å². The molecule has 0 aromatic carbocycles. The molecule has 86 valence electrons. The Morgan fingerprint density at radius 3 is 2.80 bits per heavy atom. The van der Waals surface area contributed by atoms with Gasteiger partial charge in [-0.3, -0.25) is 0 Å². The summed E-state index contributed by atoms with van der Waals surface area (Å²) in [5.74, 6) is 0. The summed E-state index contributed by atoms with van der Waals surface area (Å²) in [5.41, 5.74) is 0. The monoisotopic (exact) mass is 272 g/mol. The lowest BCUT2D eigenvalue weighted by atomic mass is 10.4. The Kier molecular flexibility index (Phi) is 4.44. The van der Waals surface area contributed by atoms with Gasteiger partial charge >= 0.3 is 0 Å². The molecule has 0 aliphatic heterocycles. The molecule has 1 unspecified atom stereocenters. The van der Waals surface area contributed by atoms with Crippen molar-refractivity contribution < 1.29 is 18.6 Å². The van der Waals surface area contributed by atoms with Crippen LogP contribution in [0.25, 0.3) is 0 Å². The molecule has 0 saturated carbocycles. The third kappa shape index (κ3) is 3.67. The molecule has 6 nitrogen and oxygen atoms in total. The molecule has 0 aliphatic carbocycles. The number of nitrogens with zero attached hydrogens (tertiary/aromatic N) is 1. The van der Waals surface area contributed by atoms with Gasteiger partial charge < -0.3 is 10.2 Å². The van der Waals surface area contributed by atoms with Crippen LogP contribution in [0.2, 0.25) is 4.47 Å². The number of hydrogen-bond donors (Lipinski definition) is 3. The highest BCUT2D eigenvalue weighted by atomic mass is 35.5. The van der Waals surface area contributed by atoms with Gasteiger partial charge in [0.15, 0.2) is 8.68 Å². The maximum absolute atomic E-state index is 11.5. The standard InChI is InChI=1S/C6H9ClN2O4S2/c7-6-8-2-5(14-6)15(12,13)9-1-4(11)3-10/h2,4,9-11H,1,3H2. The smallest absolute Gasteiger partial charge is 0.251 e. The molecule has 0 fully saturated rings. The van der Waals surface area contributed by atoms with Crippen LogP contribution in [0.15, 0.2) is 10.4 Å². The third-order valence-electron chi connectivity index (χ3n) is 1.44. The third-order valence-corrected chi connectivity index (χ3v) is 4.44. The zero-order chi connectivity index (χ0) is 11.5. The van der Waals surface area contributed by atoms with Gasteiger partial charge in [0.1, 0.15) is 0 Å². The molecule has 15 heavy (non-hydrogen) atoms. The number of thiazole rings is 1. The van der Waals surface area contributed by atoms with E-state index in [0.29, 0.717) is 0 Å². The van der Waals surface area contributed by atoms with Crippen molar-refractivity contribution in [1.29, 1.82) is 0 Å². The number of aliphatic hydroxyl groups excluding tert-OH is 2. The zero-order valence-corrected chi connectivity index (χ0v) is 9.81. The van der Waals surface area contributed by atoms with Crippen LogP contribution in [0.4, 0.5) is 0 Å². The Morgan fingerprint density at radius 2 is 2.33 bits per heavy atom. The second kappa shape index (κ2) is 5.19. The highest BCUT2D eigenvalue weighted by Gasteiger charge is 2.18. The van der Waals surface area contributed by atoms with Crippen molar-refractivity contribution in [3.8, 4) is 0 Å². The molecule has 1 aromatic rings. The van der Waals surface area contributed by atoms with Crippen molar-refractivity contribution in [2.24, 2.45) is 0 Å². The molecule has 0 bridgehead atoms. The summed E-state index contributed by atoms with van der Waals surface area (Å²) in [5, 5.41) is 17.4. The normalized spacial score (nSPS) is 14.1. The molecule has 1 aromatic heterocycles. The van der Waals surface area contributed by atoms with E-state index in [1.807, 2.05) is 0 Å². The Hall–Kier alpha value is -0.250. The Labute approximate surface area is 95.6 Å². The highest BCUT2D eigenvalue weighted by molar-refractivity contribution is 7.91. The summed E-state index contributed by atoms with van der Waals surface area (Å²) >= 11 is 6.30. The number of nitrogens with one attached hydrogen (secondary N) is 1. The number of hydrogen-bond acceptors (Lipinski definition) is 6. The molecule has 1 rings (SSSR count). The molecular formula is C6H9ClN2O4S2. The fourth-order valence-electron chi connectivity index (χ4n) is 0.705. The lowest BCUT2D eigenvalue weighted by Crippen LogP contribution is -2.33. The SMILES string of the molecule is O=S(=O)(NCC(O)CO)c1cnc(Cl)s1. The van der Waals surface area contributed by atoms with Gasteiger partial charge in [0, 0.05) is 6.54 Å². The molecule has 0 saturated heterocycles. The first-order valence-electron chi connectivity index (χ1n) is 3.85. The summed E-state index contributed by atoms with van der Waals surface area (Å²) in [6.07, 6.45) is 0.00359. The molecule has 0 radical (unpaired) electrons. The van der Waals surface area contributed by atoms with Crippen LogP contribution in [-0.2, 0) is 10.0 Å². The fraction of sp³-hybridized carbons (Fsp3) is 0.500. The molecule has 0 spiro atoms. The van der Waals surface area contributed by atoms with Crippen molar-refractivity contribution in [2.45, 2.75) is 10.3 Å². The van der Waals surface area contributed by atoms with E-state index in [2.05, 4.69) is 9.71 Å². The second-order valence-corrected chi connectivity index (χ2v) is 6.23. The van der Waals surface area contributed by atoms with E-state index in [-0.39, 0.29) is 15.2 Å². The predicted molar refractivity (Wildman–Crippen MR) is 55.4 cm³/mol. The van der Waals surface area contributed by atoms with Crippen LogP contribution in [0.3, 0.4) is 0 Å². The molecule has 9 heteroatoms. The van der Waals surface area contributed by atoms with E-state index in [0.717, 1.165) is 17.5 Å².